The molecular weight excluding hydrogens is 216 g/mol. The molecule has 0 bridgehead atoms. The summed E-state index contributed by atoms with van der Waals surface area (Å²) in [6.45, 7) is 0.259. The lowest BCUT2D eigenvalue weighted by atomic mass is 10.2. The topological polar surface area (TPSA) is 34.5 Å². The molecule has 0 aliphatic carbocycles. The zero-order chi connectivity index (χ0) is 12.4. The maximum absolute atomic E-state index is 11.2. The molecule has 4 nitrogen and oxygen atoms in total. The lowest BCUT2D eigenvalue weighted by molar-refractivity contribution is -0.138. The van der Waals surface area contributed by atoms with Crippen molar-refractivity contribution in [2.45, 2.75) is 0 Å². The normalized spacial score (nSPS) is 10.5. The van der Waals surface area contributed by atoms with Gasteiger partial charge in [0.1, 0.15) is 6.54 Å². The van der Waals surface area contributed by atoms with Crippen LogP contribution in [0.15, 0.2) is 30.5 Å². The van der Waals surface area contributed by atoms with Crippen LogP contribution in [0.1, 0.15) is 0 Å². The van der Waals surface area contributed by atoms with E-state index in [1.165, 1.54) is 18.0 Å². The minimum atomic E-state index is -0.236. The molecule has 0 saturated heterocycles. The Morgan fingerprint density at radius 3 is 2.88 bits per heavy atom. The number of esters is 1. The second kappa shape index (κ2) is 4.49. The minimum absolute atomic E-state index is 0.236. The molecule has 4 heteroatoms. The minimum Gasteiger partial charge on any atom is -0.468 e. The summed E-state index contributed by atoms with van der Waals surface area (Å²) in [6, 6.07) is 8.19. The summed E-state index contributed by atoms with van der Waals surface area (Å²) in [5.74, 6) is -0.236. The number of anilines is 1. The number of methoxy groups -OCH3 is 1. The highest BCUT2D eigenvalue weighted by Crippen LogP contribution is 2.21. The van der Waals surface area contributed by atoms with Crippen molar-refractivity contribution < 1.29 is 9.53 Å². The summed E-state index contributed by atoms with van der Waals surface area (Å²) < 4.78 is 6.72. The van der Waals surface area contributed by atoms with E-state index in [9.17, 15) is 4.79 Å². The van der Waals surface area contributed by atoms with Crippen LogP contribution >= 0.6 is 0 Å². The fourth-order valence-corrected chi connectivity index (χ4v) is 1.86. The molecule has 0 saturated carbocycles. The van der Waals surface area contributed by atoms with E-state index in [4.69, 9.17) is 0 Å². The van der Waals surface area contributed by atoms with Crippen molar-refractivity contribution in [2.75, 3.05) is 25.6 Å². The third-order valence-corrected chi connectivity index (χ3v) is 2.90. The molecule has 0 atom stereocenters. The summed E-state index contributed by atoms with van der Waals surface area (Å²) in [4.78, 5) is 13.1. The largest absolute Gasteiger partial charge is 0.468 e. The van der Waals surface area contributed by atoms with Gasteiger partial charge in [-0.25, -0.2) is 0 Å². The van der Waals surface area contributed by atoms with Crippen molar-refractivity contribution in [1.82, 2.24) is 4.57 Å². The van der Waals surface area contributed by atoms with Gasteiger partial charge in [-0.2, -0.15) is 0 Å². The highest BCUT2D eigenvalue weighted by atomic mass is 16.5. The van der Waals surface area contributed by atoms with Crippen LogP contribution < -0.4 is 4.90 Å². The Labute approximate surface area is 100 Å². The van der Waals surface area contributed by atoms with E-state index in [-0.39, 0.29) is 12.5 Å². The van der Waals surface area contributed by atoms with Gasteiger partial charge in [0.25, 0.3) is 0 Å². The fourth-order valence-electron chi connectivity index (χ4n) is 1.86. The SMILES string of the molecule is COC(=O)CN(C)c1ccc2c(ccn2C)c1. The number of fused-ring (bicyclic) bond motifs is 1. The summed E-state index contributed by atoms with van der Waals surface area (Å²) in [6.07, 6.45) is 2.02. The number of nitrogens with zero attached hydrogens (tertiary/aromatic N) is 2. The van der Waals surface area contributed by atoms with Crippen molar-refractivity contribution in [3.8, 4) is 0 Å². The van der Waals surface area contributed by atoms with E-state index >= 15 is 0 Å². The molecule has 1 aromatic heterocycles. The highest BCUT2D eigenvalue weighted by Gasteiger charge is 2.08. The Hall–Kier alpha value is -1.97. The van der Waals surface area contributed by atoms with Crippen molar-refractivity contribution >= 4 is 22.6 Å². The van der Waals surface area contributed by atoms with Crippen molar-refractivity contribution in [2.24, 2.45) is 7.05 Å². The summed E-state index contributed by atoms with van der Waals surface area (Å²) in [7, 11) is 5.29. The van der Waals surface area contributed by atoms with Gasteiger partial charge in [0.2, 0.25) is 0 Å². The van der Waals surface area contributed by atoms with Crippen LogP contribution in [-0.4, -0.2) is 31.2 Å². The Balaban J connectivity index is 2.26. The van der Waals surface area contributed by atoms with Gasteiger partial charge in [-0.05, 0) is 24.3 Å². The molecule has 17 heavy (non-hydrogen) atoms. The average molecular weight is 232 g/mol. The number of hydrogen-bond donors (Lipinski definition) is 0. The molecule has 0 unspecified atom stereocenters. The van der Waals surface area contributed by atoms with E-state index in [1.54, 1.807) is 0 Å². The number of ether oxygens (including phenoxy) is 1. The molecule has 0 aliphatic heterocycles. The quantitative estimate of drug-likeness (QED) is 0.757. The first-order valence-corrected chi connectivity index (χ1v) is 5.45. The van der Waals surface area contributed by atoms with E-state index in [1.807, 2.05) is 31.3 Å². The zero-order valence-electron chi connectivity index (χ0n) is 10.3. The monoisotopic (exact) mass is 232 g/mol. The van der Waals surface area contributed by atoms with Gasteiger partial charge in [0.05, 0.1) is 7.11 Å². The van der Waals surface area contributed by atoms with Gasteiger partial charge < -0.3 is 14.2 Å². The Morgan fingerprint density at radius 2 is 2.18 bits per heavy atom. The Morgan fingerprint density at radius 1 is 1.41 bits per heavy atom. The van der Waals surface area contributed by atoms with E-state index < -0.39 is 0 Å². The second-order valence-corrected chi connectivity index (χ2v) is 4.10. The summed E-state index contributed by atoms with van der Waals surface area (Å²) in [5, 5.41) is 1.17. The number of likely N-dealkylation sites (N-methyl/N-ethyl adjacent to an activating group) is 1. The third-order valence-electron chi connectivity index (χ3n) is 2.90. The number of carbonyl (C=O) groups excluding carboxylic acids is 1. The molecule has 90 valence electrons. The molecule has 0 aliphatic rings. The highest BCUT2D eigenvalue weighted by molar-refractivity contribution is 5.85. The molecule has 1 heterocycles. The van der Waals surface area contributed by atoms with Crippen LogP contribution in [0.5, 0.6) is 0 Å². The summed E-state index contributed by atoms with van der Waals surface area (Å²) >= 11 is 0. The van der Waals surface area contributed by atoms with Crippen molar-refractivity contribution in [1.29, 1.82) is 0 Å². The van der Waals surface area contributed by atoms with Crippen LogP contribution in [0.2, 0.25) is 0 Å². The van der Waals surface area contributed by atoms with Gasteiger partial charge in [-0.15, -0.1) is 0 Å². The standard InChI is InChI=1S/C13H16N2O2/c1-14-7-6-10-8-11(4-5-12(10)14)15(2)9-13(16)17-3/h4-8H,9H2,1-3H3. The fraction of sp³-hybridized carbons (Fsp3) is 0.308. The lowest BCUT2D eigenvalue weighted by Gasteiger charge is -2.17. The van der Waals surface area contributed by atoms with Crippen LogP contribution in [-0.2, 0) is 16.6 Å². The third kappa shape index (κ3) is 2.25. The van der Waals surface area contributed by atoms with Crippen LogP contribution in [0.4, 0.5) is 5.69 Å². The molecule has 0 spiro atoms. The smallest absolute Gasteiger partial charge is 0.325 e. The van der Waals surface area contributed by atoms with E-state index in [0.717, 1.165) is 5.69 Å². The van der Waals surface area contributed by atoms with E-state index in [0.29, 0.717) is 0 Å². The summed E-state index contributed by atoms with van der Waals surface area (Å²) in [5.41, 5.74) is 2.19. The predicted octanol–water partition coefficient (Wildman–Crippen LogP) is 1.79. The number of benzene rings is 1. The number of aryl methyl sites for hydroxylation is 1. The van der Waals surface area contributed by atoms with Gasteiger partial charge in [0.15, 0.2) is 0 Å². The van der Waals surface area contributed by atoms with Crippen LogP contribution in [0, 0.1) is 0 Å². The first-order chi connectivity index (χ1) is 8.11. The molecular formula is C13H16N2O2. The average Bonchev–Trinajstić information content (AvgIpc) is 2.70. The van der Waals surface area contributed by atoms with Gasteiger partial charge in [0, 0.05) is 36.9 Å². The second-order valence-electron chi connectivity index (χ2n) is 4.10. The first kappa shape index (κ1) is 11.5. The van der Waals surface area contributed by atoms with Crippen molar-refractivity contribution in [3.05, 3.63) is 30.5 Å². The lowest BCUT2D eigenvalue weighted by Crippen LogP contribution is -2.26. The molecule has 0 N–H and O–H groups in total. The van der Waals surface area contributed by atoms with Crippen LogP contribution in [0.3, 0.4) is 0 Å². The maximum Gasteiger partial charge on any atom is 0.325 e. The maximum atomic E-state index is 11.2. The first-order valence-electron chi connectivity index (χ1n) is 5.45. The number of aromatic nitrogens is 1. The van der Waals surface area contributed by atoms with Crippen molar-refractivity contribution in [3.63, 3.8) is 0 Å². The van der Waals surface area contributed by atoms with Crippen LogP contribution in [0.25, 0.3) is 10.9 Å². The molecule has 0 fully saturated rings. The Kier molecular flexibility index (Phi) is 3.04. The number of rotatable bonds is 3. The molecule has 2 rings (SSSR count). The molecule has 2 aromatic rings. The predicted molar refractivity (Wildman–Crippen MR) is 68.2 cm³/mol. The van der Waals surface area contributed by atoms with E-state index in [2.05, 4.69) is 27.5 Å². The van der Waals surface area contributed by atoms with Gasteiger partial charge in [-0.3, -0.25) is 4.79 Å². The number of carbonyl (C=O) groups is 1. The molecule has 0 radical (unpaired) electrons. The molecule has 0 amide bonds. The Bertz CT molecular complexity index is 545. The van der Waals surface area contributed by atoms with Gasteiger partial charge in [-0.1, -0.05) is 0 Å². The van der Waals surface area contributed by atoms with Gasteiger partial charge >= 0.3 is 5.97 Å². The number of hydrogen-bond acceptors (Lipinski definition) is 3. The zero-order valence-corrected chi connectivity index (χ0v) is 10.3. The molecule has 1 aromatic carbocycles.